The van der Waals surface area contributed by atoms with E-state index < -0.39 is 0 Å². The van der Waals surface area contributed by atoms with E-state index in [1.165, 1.54) is 37.7 Å². The number of hydrogen-bond donors (Lipinski definition) is 0. The molecule has 2 heteroatoms. The van der Waals surface area contributed by atoms with Gasteiger partial charge in [-0.1, -0.05) is 37.5 Å². The molecular weight excluding hydrogens is 227 g/mol. The largest absolute Gasteiger partial charge is 0.496 e. The van der Waals surface area contributed by atoms with Crippen molar-refractivity contribution in [3.63, 3.8) is 0 Å². The summed E-state index contributed by atoms with van der Waals surface area (Å²) < 4.78 is 5.42. The van der Waals surface area contributed by atoms with Crippen LogP contribution >= 0.6 is 9.24 Å². The molecule has 1 fully saturated rings. The fraction of sp³-hybridized carbons (Fsp3) is 0.600. The number of ether oxygens (including phenoxy) is 1. The van der Waals surface area contributed by atoms with Crippen molar-refractivity contribution in [3.8, 4) is 5.75 Å². The lowest BCUT2D eigenvalue weighted by atomic mass is 9.84. The van der Waals surface area contributed by atoms with E-state index in [1.54, 1.807) is 7.11 Å². The van der Waals surface area contributed by atoms with Gasteiger partial charge in [0.05, 0.1) is 7.11 Å². The molecule has 0 aliphatic heterocycles. The Bertz CT molecular complexity index is 345. The molecular formula is C15H23OP. The van der Waals surface area contributed by atoms with E-state index in [4.69, 9.17) is 4.74 Å². The van der Waals surface area contributed by atoms with Crippen LogP contribution in [0.4, 0.5) is 0 Å². The van der Waals surface area contributed by atoms with Gasteiger partial charge in [0.15, 0.2) is 0 Å². The number of methoxy groups -OCH3 is 1. The monoisotopic (exact) mass is 250 g/mol. The highest BCUT2D eigenvalue weighted by atomic mass is 31.0. The minimum absolute atomic E-state index is 0.701. The molecule has 1 aromatic carbocycles. The average molecular weight is 250 g/mol. The molecule has 0 aromatic heterocycles. The first-order valence-corrected chi connectivity index (χ1v) is 7.35. The summed E-state index contributed by atoms with van der Waals surface area (Å²) in [6, 6.07) is 8.41. The molecule has 2 atom stereocenters. The molecule has 0 N–H and O–H groups in total. The summed E-state index contributed by atoms with van der Waals surface area (Å²) >= 11 is 0. The third-order valence-corrected chi connectivity index (χ3v) is 4.68. The van der Waals surface area contributed by atoms with Crippen LogP contribution in [0, 0.1) is 5.92 Å². The van der Waals surface area contributed by atoms with E-state index in [0.29, 0.717) is 5.66 Å². The Morgan fingerprint density at radius 1 is 1.24 bits per heavy atom. The van der Waals surface area contributed by atoms with Crippen LogP contribution in [0.15, 0.2) is 24.3 Å². The predicted octanol–water partition coefficient (Wildman–Crippen LogP) is 4.06. The van der Waals surface area contributed by atoms with E-state index in [-0.39, 0.29) is 0 Å². The van der Waals surface area contributed by atoms with Crippen LogP contribution in [0.5, 0.6) is 5.75 Å². The van der Waals surface area contributed by atoms with Gasteiger partial charge in [-0.3, -0.25) is 0 Å². The lowest BCUT2D eigenvalue weighted by Crippen LogP contribution is -2.20. The summed E-state index contributed by atoms with van der Waals surface area (Å²) in [7, 11) is 4.82. The normalized spacial score (nSPS) is 18.9. The van der Waals surface area contributed by atoms with Gasteiger partial charge in [-0.15, -0.1) is 9.24 Å². The van der Waals surface area contributed by atoms with Gasteiger partial charge in [0.1, 0.15) is 5.75 Å². The molecule has 0 spiro atoms. The van der Waals surface area contributed by atoms with Gasteiger partial charge in [0, 0.05) is 0 Å². The summed E-state index contributed by atoms with van der Waals surface area (Å²) in [5.41, 5.74) is 2.05. The SMILES string of the molecule is COc1ccccc1CC(P)C1CCCCC1. The van der Waals surface area contributed by atoms with Gasteiger partial charge in [-0.05, 0) is 42.5 Å². The molecule has 1 aliphatic carbocycles. The summed E-state index contributed by atoms with van der Waals surface area (Å²) in [6.07, 6.45) is 8.21. The van der Waals surface area contributed by atoms with Crippen LogP contribution in [-0.4, -0.2) is 12.8 Å². The van der Waals surface area contributed by atoms with E-state index in [9.17, 15) is 0 Å². The van der Waals surface area contributed by atoms with Gasteiger partial charge < -0.3 is 4.74 Å². The fourth-order valence-electron chi connectivity index (χ4n) is 2.85. The average Bonchev–Trinajstić information content (AvgIpc) is 2.40. The highest BCUT2D eigenvalue weighted by Gasteiger charge is 2.21. The van der Waals surface area contributed by atoms with E-state index in [0.717, 1.165) is 18.1 Å². The predicted molar refractivity (Wildman–Crippen MR) is 76.8 cm³/mol. The van der Waals surface area contributed by atoms with Crippen LogP contribution in [-0.2, 0) is 6.42 Å². The standard InChI is InChI=1S/C15H23OP/c1-16-14-10-6-5-9-13(14)11-15(17)12-7-3-2-4-8-12/h5-6,9-10,12,15H,2-4,7-8,11,17H2,1H3. The van der Waals surface area contributed by atoms with Crippen molar-refractivity contribution in [3.05, 3.63) is 29.8 Å². The van der Waals surface area contributed by atoms with Crippen molar-refractivity contribution in [2.45, 2.75) is 44.2 Å². The minimum Gasteiger partial charge on any atom is -0.496 e. The molecule has 0 bridgehead atoms. The Hall–Kier alpha value is -0.550. The lowest BCUT2D eigenvalue weighted by molar-refractivity contribution is 0.344. The molecule has 2 rings (SSSR count). The second-order valence-electron chi connectivity index (χ2n) is 5.08. The molecule has 2 unspecified atom stereocenters. The summed E-state index contributed by atoms with van der Waals surface area (Å²) in [6.45, 7) is 0. The van der Waals surface area contributed by atoms with E-state index in [1.807, 2.05) is 6.07 Å². The Morgan fingerprint density at radius 3 is 2.65 bits per heavy atom. The first-order chi connectivity index (χ1) is 8.31. The van der Waals surface area contributed by atoms with E-state index in [2.05, 4.69) is 27.4 Å². The third-order valence-electron chi connectivity index (χ3n) is 3.90. The van der Waals surface area contributed by atoms with Gasteiger partial charge in [-0.2, -0.15) is 0 Å². The fourth-order valence-corrected chi connectivity index (χ4v) is 3.49. The zero-order chi connectivity index (χ0) is 12.1. The zero-order valence-corrected chi connectivity index (χ0v) is 11.8. The van der Waals surface area contributed by atoms with Crippen molar-refractivity contribution in [1.82, 2.24) is 0 Å². The van der Waals surface area contributed by atoms with Crippen molar-refractivity contribution < 1.29 is 4.74 Å². The number of para-hydroxylation sites is 1. The third kappa shape index (κ3) is 3.45. The first kappa shape index (κ1) is 12.9. The lowest BCUT2D eigenvalue weighted by Gasteiger charge is -2.27. The maximum absolute atomic E-state index is 5.42. The Labute approximate surface area is 107 Å². The van der Waals surface area contributed by atoms with Crippen molar-refractivity contribution >= 4 is 9.24 Å². The van der Waals surface area contributed by atoms with Gasteiger partial charge in [0.2, 0.25) is 0 Å². The summed E-state index contributed by atoms with van der Waals surface area (Å²) in [5.74, 6) is 1.93. The maximum Gasteiger partial charge on any atom is 0.122 e. The van der Waals surface area contributed by atoms with Gasteiger partial charge in [0.25, 0.3) is 0 Å². The zero-order valence-electron chi connectivity index (χ0n) is 10.7. The smallest absolute Gasteiger partial charge is 0.122 e. The van der Waals surface area contributed by atoms with Crippen LogP contribution in [0.25, 0.3) is 0 Å². The molecule has 17 heavy (non-hydrogen) atoms. The Kier molecular flexibility index (Phi) is 4.86. The minimum atomic E-state index is 0.701. The van der Waals surface area contributed by atoms with Gasteiger partial charge in [-0.25, -0.2) is 0 Å². The molecule has 1 aromatic rings. The molecule has 0 radical (unpaired) electrons. The quantitative estimate of drug-likeness (QED) is 0.732. The Balaban J connectivity index is 1.99. The second-order valence-corrected chi connectivity index (χ2v) is 5.93. The van der Waals surface area contributed by atoms with Crippen molar-refractivity contribution in [2.75, 3.05) is 7.11 Å². The van der Waals surface area contributed by atoms with Gasteiger partial charge >= 0.3 is 0 Å². The van der Waals surface area contributed by atoms with Crippen molar-refractivity contribution in [2.24, 2.45) is 5.92 Å². The number of rotatable bonds is 4. The van der Waals surface area contributed by atoms with Crippen LogP contribution in [0.3, 0.4) is 0 Å². The first-order valence-electron chi connectivity index (χ1n) is 6.68. The number of benzene rings is 1. The molecule has 1 saturated carbocycles. The van der Waals surface area contributed by atoms with Crippen LogP contribution < -0.4 is 4.74 Å². The highest BCUT2D eigenvalue weighted by Crippen LogP contribution is 2.33. The molecule has 0 saturated heterocycles. The molecule has 1 aliphatic rings. The molecule has 0 heterocycles. The van der Waals surface area contributed by atoms with Crippen molar-refractivity contribution in [1.29, 1.82) is 0 Å². The molecule has 1 nitrogen and oxygen atoms in total. The molecule has 94 valence electrons. The van der Waals surface area contributed by atoms with Crippen LogP contribution in [0.2, 0.25) is 0 Å². The highest BCUT2D eigenvalue weighted by molar-refractivity contribution is 7.17. The summed E-state index contributed by atoms with van der Waals surface area (Å²) in [5, 5.41) is 0. The maximum atomic E-state index is 5.42. The molecule has 0 amide bonds. The van der Waals surface area contributed by atoms with E-state index >= 15 is 0 Å². The second kappa shape index (κ2) is 6.40. The Morgan fingerprint density at radius 2 is 1.94 bits per heavy atom. The van der Waals surface area contributed by atoms with Crippen LogP contribution in [0.1, 0.15) is 37.7 Å². The summed E-state index contributed by atoms with van der Waals surface area (Å²) in [4.78, 5) is 0. The topological polar surface area (TPSA) is 9.23 Å². The number of hydrogen-bond acceptors (Lipinski definition) is 1.